The number of thiophene rings is 1. The molecule has 1 fully saturated rings. The number of carboxylic acids is 1. The fourth-order valence-electron chi connectivity index (χ4n) is 10.7. The monoisotopic (exact) mass is 1460 g/mol. The van der Waals surface area contributed by atoms with Crippen LogP contribution in [0.15, 0.2) is 133 Å². The number of hydrogen-bond donors (Lipinski definition) is 6. The molecule has 0 unspecified atom stereocenters. The minimum absolute atomic E-state index is 0.00299. The van der Waals surface area contributed by atoms with Crippen LogP contribution >= 0.6 is 22.9 Å². The average Bonchev–Trinajstić information content (AvgIpc) is 1.49. The zero-order chi connectivity index (χ0) is 73.0. The number of para-hydroxylation sites is 2. The van der Waals surface area contributed by atoms with Gasteiger partial charge in [0.05, 0.1) is 35.4 Å². The number of amides is 5. The number of anilines is 1. The van der Waals surface area contributed by atoms with E-state index in [9.17, 15) is 51.2 Å². The van der Waals surface area contributed by atoms with E-state index in [-0.39, 0.29) is 45.3 Å². The number of fused-ring (bicyclic) bond motifs is 1. The first-order valence-electron chi connectivity index (χ1n) is 32.0. The smallest absolute Gasteiger partial charge is 0.410 e. The van der Waals surface area contributed by atoms with Crippen molar-refractivity contribution in [2.75, 3.05) is 77.3 Å². The molecular weight excluding hydrogens is 1390 g/mol. The summed E-state index contributed by atoms with van der Waals surface area (Å²) in [5, 5.41) is 24.4. The molecule has 1 aliphatic heterocycles. The summed E-state index contributed by atoms with van der Waals surface area (Å²) in [5.41, 5.74) is 13.7. The van der Waals surface area contributed by atoms with E-state index in [2.05, 4.69) is 51.1 Å². The number of azide groups is 1. The zero-order valence-electron chi connectivity index (χ0n) is 55.9. The molecule has 9 rings (SSSR count). The van der Waals surface area contributed by atoms with Gasteiger partial charge < -0.3 is 59.7 Å². The predicted molar refractivity (Wildman–Crippen MR) is 375 cm³/mol. The second-order valence-corrected chi connectivity index (χ2v) is 26.5. The molecule has 0 spiro atoms. The average molecular weight is 1460 g/mol. The van der Waals surface area contributed by atoms with Gasteiger partial charge in [-0.3, -0.25) is 28.6 Å². The lowest BCUT2D eigenvalue weighted by atomic mass is 9.96. The van der Waals surface area contributed by atoms with Gasteiger partial charge in [0.15, 0.2) is 5.82 Å². The number of piperazine rings is 1. The SMILES string of the molecule is COc1ccccc1-c1nccc(COc2ccccc2C[C@@H](Oc2ncnc3sc(-c4ccc(F)cc4)c(-c4ccc(OCCN5CCN(C(=O)OCc6ccc(NC(=O)[C@H](C)NC(=O)[C@@H](NC(=O)[C@H](CS(=O)(=O)O)NC(=O)COCCN=[N+]=[N-])C(C)C)cc6)CC5)c(Cl)c4C)c23)C(=O)O)n1. The van der Waals surface area contributed by atoms with E-state index in [1.54, 1.807) is 105 Å². The molecule has 4 atom stereocenters. The van der Waals surface area contributed by atoms with Crippen molar-refractivity contribution in [3.05, 3.63) is 171 Å². The number of benzene rings is 5. The van der Waals surface area contributed by atoms with Crippen LogP contribution in [0.4, 0.5) is 14.9 Å². The number of carbonyl (C=O) groups is 6. The predicted octanol–water partition coefficient (Wildman–Crippen LogP) is 8.86. The van der Waals surface area contributed by atoms with Gasteiger partial charge in [-0.05, 0) is 108 Å². The number of carbonyl (C=O) groups excluding carboxylic acids is 5. The first-order chi connectivity index (χ1) is 49.0. The fourth-order valence-corrected chi connectivity index (χ4v) is 12.8. The molecule has 0 saturated carbocycles. The third kappa shape index (κ3) is 20.5. The molecule has 102 heavy (non-hydrogen) atoms. The Morgan fingerprint density at radius 1 is 0.804 bits per heavy atom. The Labute approximate surface area is 594 Å². The molecule has 0 radical (unpaired) electrons. The van der Waals surface area contributed by atoms with E-state index < -0.39 is 94.1 Å². The number of nitrogens with one attached hydrogen (secondary N) is 4. The largest absolute Gasteiger partial charge is 0.496 e. The van der Waals surface area contributed by atoms with Crippen molar-refractivity contribution in [1.29, 1.82) is 0 Å². The summed E-state index contributed by atoms with van der Waals surface area (Å²) in [6.07, 6.45) is 0.816. The van der Waals surface area contributed by atoms with Crippen LogP contribution in [0.5, 0.6) is 23.1 Å². The first-order valence-corrected chi connectivity index (χ1v) is 34.8. The Morgan fingerprint density at radius 2 is 1.53 bits per heavy atom. The fraction of sp³-hybridized carbons (Fsp3) is 0.333. The van der Waals surface area contributed by atoms with Crippen molar-refractivity contribution in [3.63, 3.8) is 0 Å². The number of carboxylic acid groups (broad SMARTS) is 1. The van der Waals surface area contributed by atoms with Crippen molar-refractivity contribution in [1.82, 2.24) is 45.7 Å². The van der Waals surface area contributed by atoms with E-state index in [0.29, 0.717) is 126 Å². The highest BCUT2D eigenvalue weighted by molar-refractivity contribution is 7.85. The van der Waals surface area contributed by atoms with Gasteiger partial charge in [-0.2, -0.15) is 8.42 Å². The standard InChI is InChI=1S/C69H73ClFN13O16S2/c1-40(2)60(81-64(87)51(38-102(92,93)94)80-56(85)37-96-32-26-76-82-72)65(88)77-42(4)63(86)79-47-20-14-43(15-21-47)35-99-69(91)84-29-27-83(28-30-84)31-33-97-54-23-22-49(41(3)59(54)70)57-58-66(74-39-75-67(58)101-61(57)44-16-18-46(71)19-17-44)100-55(68(89)90)34-45-10-6-8-12-52(45)98-36-48-24-25-73-62(78-48)50-11-7-9-13-53(50)95-5/h6-25,39-40,42,51,55,60H,26-38H2,1-5H3,(H,77,88)(H,79,86)(H,80,85)(H,81,87)(H,89,90)(H,92,93,94)/t42-,51-,55+,60-/m0/s1. The molecule has 4 heterocycles. The Hall–Kier alpha value is -10.6. The van der Waals surface area contributed by atoms with E-state index in [1.807, 2.05) is 37.3 Å². The summed E-state index contributed by atoms with van der Waals surface area (Å²) in [7, 11) is -3.24. The quantitative estimate of drug-likeness (QED) is 0.00735. The molecule has 1 saturated heterocycles. The summed E-state index contributed by atoms with van der Waals surface area (Å²) >= 11 is 8.46. The third-order valence-electron chi connectivity index (χ3n) is 16.1. The van der Waals surface area contributed by atoms with Gasteiger partial charge in [-0.15, -0.1) is 11.3 Å². The topological polar surface area (TPSA) is 387 Å². The molecule has 3 aromatic heterocycles. The molecule has 536 valence electrons. The highest BCUT2D eigenvalue weighted by Gasteiger charge is 2.34. The van der Waals surface area contributed by atoms with Crippen LogP contribution in [0.3, 0.4) is 0 Å². The number of ether oxygens (including phenoxy) is 6. The lowest BCUT2D eigenvalue weighted by molar-refractivity contribution is -0.145. The minimum Gasteiger partial charge on any atom is -0.496 e. The van der Waals surface area contributed by atoms with Gasteiger partial charge in [-0.25, -0.2) is 33.9 Å². The molecule has 0 aliphatic carbocycles. The van der Waals surface area contributed by atoms with Crippen LogP contribution in [-0.2, 0) is 63.2 Å². The first kappa shape index (κ1) is 75.6. The maximum absolute atomic E-state index is 14.4. The Kier molecular flexibility index (Phi) is 26.4. The lowest BCUT2D eigenvalue weighted by Crippen LogP contribution is -2.58. The van der Waals surface area contributed by atoms with Crippen molar-refractivity contribution in [2.45, 2.75) is 71.6 Å². The van der Waals surface area contributed by atoms with Crippen LogP contribution in [-0.4, -0.2) is 180 Å². The maximum Gasteiger partial charge on any atom is 0.410 e. The Balaban J connectivity index is 0.765. The number of nitrogens with zero attached hydrogens (tertiary/aromatic N) is 9. The molecule has 5 aromatic carbocycles. The number of methoxy groups -OCH3 is 1. The molecule has 1 aliphatic rings. The molecular formula is C69H73ClFN13O16S2. The van der Waals surface area contributed by atoms with Crippen molar-refractivity contribution < 1.29 is 79.7 Å². The van der Waals surface area contributed by atoms with Crippen LogP contribution in [0.1, 0.15) is 43.2 Å². The number of rotatable bonds is 33. The van der Waals surface area contributed by atoms with E-state index in [0.717, 1.165) is 0 Å². The number of hydrogen-bond acceptors (Lipinski definition) is 21. The van der Waals surface area contributed by atoms with Gasteiger partial charge in [0.2, 0.25) is 35.6 Å². The summed E-state index contributed by atoms with van der Waals surface area (Å²) in [6.45, 7) is 7.97. The van der Waals surface area contributed by atoms with Gasteiger partial charge in [0.1, 0.15) is 84.5 Å². The van der Waals surface area contributed by atoms with Gasteiger partial charge >= 0.3 is 12.1 Å². The number of aromatic nitrogens is 4. The van der Waals surface area contributed by atoms with Gasteiger partial charge in [0, 0.05) is 72.9 Å². The number of halogens is 2. The highest BCUT2D eigenvalue weighted by atomic mass is 35.5. The van der Waals surface area contributed by atoms with E-state index in [1.165, 1.54) is 36.7 Å². The van der Waals surface area contributed by atoms with Crippen LogP contribution in [0.25, 0.3) is 53.6 Å². The normalized spacial score (nSPS) is 13.6. The van der Waals surface area contributed by atoms with E-state index >= 15 is 0 Å². The summed E-state index contributed by atoms with van der Waals surface area (Å²) in [6, 6.07) is 27.9. The molecule has 33 heteroatoms. The summed E-state index contributed by atoms with van der Waals surface area (Å²) < 4.78 is 82.6. The van der Waals surface area contributed by atoms with Crippen LogP contribution in [0, 0.1) is 18.7 Å². The zero-order valence-corrected chi connectivity index (χ0v) is 58.3. The van der Waals surface area contributed by atoms with Gasteiger partial charge in [0.25, 0.3) is 10.1 Å². The second-order valence-electron chi connectivity index (χ2n) is 23.6. The van der Waals surface area contributed by atoms with Crippen molar-refractivity contribution in [2.24, 2.45) is 11.0 Å². The van der Waals surface area contributed by atoms with Crippen LogP contribution < -0.4 is 40.2 Å². The highest BCUT2D eigenvalue weighted by Crippen LogP contribution is 2.49. The van der Waals surface area contributed by atoms with Gasteiger partial charge in [-0.1, -0.05) is 91.2 Å². The van der Waals surface area contributed by atoms with Crippen LogP contribution in [0.2, 0.25) is 5.02 Å². The number of aliphatic carboxylic acids is 1. The molecule has 5 amide bonds. The second kappa shape index (κ2) is 35.6. The third-order valence-corrected chi connectivity index (χ3v) is 18.4. The molecule has 8 aromatic rings. The summed E-state index contributed by atoms with van der Waals surface area (Å²) in [4.78, 5) is 104. The minimum atomic E-state index is -4.81. The van der Waals surface area contributed by atoms with Crippen molar-refractivity contribution in [3.8, 4) is 56.1 Å². The molecule has 6 N–H and O–H groups in total. The Bertz CT molecular complexity index is 4490. The molecule has 0 bridgehead atoms. The van der Waals surface area contributed by atoms with Crippen molar-refractivity contribution >= 4 is 84.7 Å². The molecule has 29 nitrogen and oxygen atoms in total. The Morgan fingerprint density at radius 3 is 2.24 bits per heavy atom. The summed E-state index contributed by atoms with van der Waals surface area (Å²) in [5.74, 6) is -5.16. The van der Waals surface area contributed by atoms with E-state index in [4.69, 9.17) is 50.5 Å². The lowest BCUT2D eigenvalue weighted by Gasteiger charge is -2.34. The maximum atomic E-state index is 14.4.